The highest BCUT2D eigenvalue weighted by atomic mass is 16.6. The Kier molecular flexibility index (Phi) is 8.89. The summed E-state index contributed by atoms with van der Waals surface area (Å²) in [6, 6.07) is 12.5. The van der Waals surface area contributed by atoms with Crippen LogP contribution in [0.5, 0.6) is 5.75 Å². The van der Waals surface area contributed by atoms with Crippen molar-refractivity contribution in [1.82, 2.24) is 10.2 Å². The number of carbonyl (C=O) groups excluding carboxylic acids is 4. The van der Waals surface area contributed by atoms with Crippen LogP contribution in [0.15, 0.2) is 42.5 Å². The largest absolute Gasteiger partial charge is 0.494 e. The van der Waals surface area contributed by atoms with Crippen molar-refractivity contribution in [3.05, 3.63) is 59.2 Å². The summed E-state index contributed by atoms with van der Waals surface area (Å²) in [5, 5.41) is 5.78. The minimum absolute atomic E-state index is 0.171. The molecule has 0 aliphatic carbocycles. The van der Waals surface area contributed by atoms with Crippen LogP contribution in [0, 0.1) is 0 Å². The first-order valence-corrected chi connectivity index (χ1v) is 13.5. The second-order valence-corrected chi connectivity index (χ2v) is 11.0. The highest BCUT2D eigenvalue weighted by molar-refractivity contribution is 6.06. The summed E-state index contributed by atoms with van der Waals surface area (Å²) < 4.78 is 11.3. The Morgan fingerprint density at radius 1 is 1.08 bits per heavy atom. The number of hydrogen-bond acceptors (Lipinski definition) is 7. The van der Waals surface area contributed by atoms with Crippen LogP contribution in [-0.4, -0.2) is 53.4 Å². The molecule has 1 fully saturated rings. The Balaban J connectivity index is 1.19. The lowest BCUT2D eigenvalue weighted by Gasteiger charge is -2.29. The highest BCUT2D eigenvalue weighted by Gasteiger charge is 2.39. The number of nitrogens with one attached hydrogen (secondary N) is 2. The van der Waals surface area contributed by atoms with E-state index in [0.717, 1.165) is 48.4 Å². The Morgan fingerprint density at radius 3 is 2.64 bits per heavy atom. The van der Waals surface area contributed by atoms with Gasteiger partial charge in [-0.15, -0.1) is 0 Å². The quantitative estimate of drug-likeness (QED) is 0.254. The molecule has 2 aromatic carbocycles. The highest BCUT2D eigenvalue weighted by Crippen LogP contribution is 2.32. The maximum atomic E-state index is 13.0. The average Bonchev–Trinajstić information content (AvgIpc) is 3.19. The summed E-state index contributed by atoms with van der Waals surface area (Å²) in [4.78, 5) is 50.4. The van der Waals surface area contributed by atoms with E-state index in [1.54, 1.807) is 11.0 Å². The number of piperidine rings is 1. The second kappa shape index (κ2) is 12.3. The van der Waals surface area contributed by atoms with Gasteiger partial charge in [0.2, 0.25) is 11.8 Å². The van der Waals surface area contributed by atoms with Gasteiger partial charge < -0.3 is 19.7 Å². The van der Waals surface area contributed by atoms with Gasteiger partial charge in [0.1, 0.15) is 17.4 Å². The van der Waals surface area contributed by atoms with Gasteiger partial charge in [-0.25, -0.2) is 0 Å². The van der Waals surface area contributed by atoms with Crippen molar-refractivity contribution in [2.75, 3.05) is 18.5 Å². The zero-order chi connectivity index (χ0) is 28.0. The van der Waals surface area contributed by atoms with Gasteiger partial charge in [-0.2, -0.15) is 0 Å². The van der Waals surface area contributed by atoms with Crippen LogP contribution in [0.3, 0.4) is 0 Å². The fourth-order valence-corrected chi connectivity index (χ4v) is 4.86. The average molecular weight is 536 g/mol. The fourth-order valence-electron chi connectivity index (χ4n) is 4.86. The van der Waals surface area contributed by atoms with Gasteiger partial charge in [0.25, 0.3) is 5.91 Å². The monoisotopic (exact) mass is 535 g/mol. The van der Waals surface area contributed by atoms with Crippen molar-refractivity contribution in [2.24, 2.45) is 0 Å². The topological polar surface area (TPSA) is 114 Å². The van der Waals surface area contributed by atoms with Gasteiger partial charge >= 0.3 is 5.97 Å². The van der Waals surface area contributed by atoms with E-state index < -0.39 is 17.6 Å². The van der Waals surface area contributed by atoms with E-state index in [2.05, 4.69) is 10.6 Å². The molecule has 4 rings (SSSR count). The van der Waals surface area contributed by atoms with Crippen LogP contribution in [0.2, 0.25) is 0 Å². The molecule has 9 heteroatoms. The summed E-state index contributed by atoms with van der Waals surface area (Å²) in [5.74, 6) is -0.391. The number of esters is 1. The van der Waals surface area contributed by atoms with E-state index in [0.29, 0.717) is 25.1 Å². The lowest BCUT2D eigenvalue weighted by molar-refractivity contribution is -0.154. The number of nitrogens with zero attached hydrogens (tertiary/aromatic N) is 1. The number of unbranched alkanes of at least 4 members (excludes halogenated alkanes) is 2. The molecule has 2 heterocycles. The molecule has 0 aromatic heterocycles. The van der Waals surface area contributed by atoms with Crippen LogP contribution in [0.25, 0.3) is 0 Å². The van der Waals surface area contributed by atoms with Gasteiger partial charge in [0.15, 0.2) is 0 Å². The predicted octanol–water partition coefficient (Wildman–Crippen LogP) is 3.99. The molecule has 0 radical (unpaired) electrons. The van der Waals surface area contributed by atoms with E-state index in [9.17, 15) is 19.2 Å². The Hall–Kier alpha value is -3.88. The zero-order valence-corrected chi connectivity index (χ0v) is 22.9. The first-order valence-electron chi connectivity index (χ1n) is 13.5. The third-order valence-electron chi connectivity index (χ3n) is 6.65. The Morgan fingerprint density at radius 2 is 1.87 bits per heavy atom. The predicted molar refractivity (Wildman–Crippen MR) is 146 cm³/mol. The summed E-state index contributed by atoms with van der Waals surface area (Å²) in [5.41, 5.74) is 2.74. The summed E-state index contributed by atoms with van der Waals surface area (Å²) in [6.45, 7) is 7.23. The molecule has 2 aliphatic rings. The standard InChI is InChI=1S/C30H37N3O6/c1-30(2,3)39-27(35)18-20-9-7-10-21(17-20)38-16-6-4-5-15-31-24-12-8-11-22-23(24)19-33(29(22)37)25-13-14-26(34)32-28(25)36/h7-12,17,25,31H,4-6,13-16,18-19H2,1-3H3,(H,32,34,36). The fraction of sp³-hybridized carbons (Fsp3) is 0.467. The smallest absolute Gasteiger partial charge is 0.310 e. The van der Waals surface area contributed by atoms with Gasteiger partial charge in [-0.3, -0.25) is 24.5 Å². The molecule has 9 nitrogen and oxygen atoms in total. The number of carbonyl (C=O) groups is 4. The van der Waals surface area contributed by atoms with Crippen LogP contribution in [0.4, 0.5) is 5.69 Å². The SMILES string of the molecule is CC(C)(C)OC(=O)Cc1cccc(OCCCCCNc2cccc3c2CN(C2CCC(=O)NC2=O)C3=O)c1. The molecule has 1 atom stereocenters. The van der Waals surface area contributed by atoms with E-state index >= 15 is 0 Å². The molecule has 2 aliphatic heterocycles. The third kappa shape index (κ3) is 7.59. The lowest BCUT2D eigenvalue weighted by Crippen LogP contribution is -2.52. The summed E-state index contributed by atoms with van der Waals surface area (Å²) in [7, 11) is 0. The van der Waals surface area contributed by atoms with Crippen LogP contribution < -0.4 is 15.4 Å². The first kappa shape index (κ1) is 28.1. The number of benzene rings is 2. The van der Waals surface area contributed by atoms with Gasteiger partial charge in [-0.1, -0.05) is 18.2 Å². The number of anilines is 1. The van der Waals surface area contributed by atoms with Crippen LogP contribution in [-0.2, 0) is 32.1 Å². The molecule has 3 amide bonds. The van der Waals surface area contributed by atoms with E-state index in [4.69, 9.17) is 9.47 Å². The van der Waals surface area contributed by atoms with Gasteiger partial charge in [0, 0.05) is 36.3 Å². The van der Waals surface area contributed by atoms with Crippen molar-refractivity contribution in [3.8, 4) is 5.75 Å². The number of ether oxygens (including phenoxy) is 2. The number of hydrogen-bond donors (Lipinski definition) is 2. The molecule has 208 valence electrons. The molecule has 0 saturated carbocycles. The third-order valence-corrected chi connectivity index (χ3v) is 6.65. The minimum atomic E-state index is -0.617. The Labute approximate surface area is 229 Å². The Bertz CT molecular complexity index is 1240. The van der Waals surface area contributed by atoms with E-state index in [-0.39, 0.29) is 30.6 Å². The number of imide groups is 1. The normalized spacial score (nSPS) is 17.1. The maximum Gasteiger partial charge on any atom is 0.310 e. The number of amides is 3. The zero-order valence-electron chi connectivity index (χ0n) is 22.9. The van der Waals surface area contributed by atoms with Crippen molar-refractivity contribution in [3.63, 3.8) is 0 Å². The van der Waals surface area contributed by atoms with Gasteiger partial charge in [0.05, 0.1) is 13.0 Å². The molecule has 1 saturated heterocycles. The van der Waals surface area contributed by atoms with Crippen molar-refractivity contribution >= 4 is 29.4 Å². The summed E-state index contributed by atoms with van der Waals surface area (Å²) >= 11 is 0. The molecular formula is C30H37N3O6. The van der Waals surface area contributed by atoms with Crippen molar-refractivity contribution < 1.29 is 28.7 Å². The van der Waals surface area contributed by atoms with Crippen molar-refractivity contribution in [1.29, 1.82) is 0 Å². The maximum absolute atomic E-state index is 13.0. The summed E-state index contributed by atoms with van der Waals surface area (Å²) in [6.07, 6.45) is 3.57. The molecule has 0 bridgehead atoms. The minimum Gasteiger partial charge on any atom is -0.494 e. The number of rotatable bonds is 11. The van der Waals surface area contributed by atoms with Gasteiger partial charge in [-0.05, 0) is 76.3 Å². The molecule has 2 aromatic rings. The molecule has 39 heavy (non-hydrogen) atoms. The molecule has 0 spiro atoms. The molecule has 1 unspecified atom stereocenters. The van der Waals surface area contributed by atoms with Crippen molar-refractivity contribution in [2.45, 2.75) is 77.5 Å². The lowest BCUT2D eigenvalue weighted by atomic mass is 10.0. The first-order chi connectivity index (χ1) is 18.6. The van der Waals surface area contributed by atoms with E-state index in [1.807, 2.05) is 57.2 Å². The second-order valence-electron chi connectivity index (χ2n) is 11.0. The van der Waals surface area contributed by atoms with Crippen LogP contribution in [0.1, 0.15) is 74.4 Å². The van der Waals surface area contributed by atoms with E-state index in [1.165, 1.54) is 0 Å². The number of fused-ring (bicyclic) bond motifs is 1. The molecular weight excluding hydrogens is 498 g/mol. The van der Waals surface area contributed by atoms with Crippen LogP contribution >= 0.6 is 0 Å². The molecule has 2 N–H and O–H groups in total.